The van der Waals surface area contributed by atoms with Gasteiger partial charge >= 0.3 is 6.03 Å². The molecule has 0 atom stereocenters. The first-order valence-corrected chi connectivity index (χ1v) is 10.6. The summed E-state index contributed by atoms with van der Waals surface area (Å²) in [6.07, 6.45) is 3.79. The third kappa shape index (κ3) is 3.51. The molecule has 0 unspecified atom stereocenters. The lowest BCUT2D eigenvalue weighted by atomic mass is 9.87. The van der Waals surface area contributed by atoms with E-state index < -0.39 is 17.8 Å². The molecule has 1 saturated heterocycles. The molecule has 2 aromatic carbocycles. The van der Waals surface area contributed by atoms with Crippen molar-refractivity contribution in [1.82, 2.24) is 5.32 Å². The summed E-state index contributed by atoms with van der Waals surface area (Å²) in [7, 11) is 2.06. The van der Waals surface area contributed by atoms with E-state index in [4.69, 9.17) is 0 Å². The number of aryl methyl sites for hydroxylation is 2. The number of hydrogen-bond donors (Lipinski definition) is 1. The number of barbiturate groups is 1. The molecule has 164 valence electrons. The zero-order chi connectivity index (χ0) is 23.4. The number of benzene rings is 2. The lowest BCUT2D eigenvalue weighted by Gasteiger charge is -2.41. The van der Waals surface area contributed by atoms with Crippen molar-refractivity contribution in [3.63, 3.8) is 0 Å². The number of rotatable bonds is 2. The average molecular weight is 430 g/mol. The van der Waals surface area contributed by atoms with Crippen LogP contribution >= 0.6 is 0 Å². The molecule has 1 fully saturated rings. The fourth-order valence-electron chi connectivity index (χ4n) is 4.29. The van der Waals surface area contributed by atoms with Gasteiger partial charge in [0.2, 0.25) is 0 Å². The number of carbonyl (C=O) groups is 3. The maximum absolute atomic E-state index is 13.2. The summed E-state index contributed by atoms with van der Waals surface area (Å²) >= 11 is 0. The molecule has 0 spiro atoms. The molecule has 32 heavy (non-hydrogen) atoms. The van der Waals surface area contributed by atoms with Crippen molar-refractivity contribution in [2.24, 2.45) is 0 Å². The van der Waals surface area contributed by atoms with Crippen molar-refractivity contribution in [2.75, 3.05) is 16.8 Å². The second-order valence-electron chi connectivity index (χ2n) is 9.06. The summed E-state index contributed by atoms with van der Waals surface area (Å²) < 4.78 is 0. The first-order chi connectivity index (χ1) is 15.0. The Morgan fingerprint density at radius 2 is 1.72 bits per heavy atom. The third-order valence-electron chi connectivity index (χ3n) is 6.27. The van der Waals surface area contributed by atoms with Gasteiger partial charge in [0.05, 0.1) is 11.2 Å². The van der Waals surface area contributed by atoms with Crippen LogP contribution in [0.25, 0.3) is 11.6 Å². The molecule has 4 rings (SSSR count). The van der Waals surface area contributed by atoms with E-state index in [1.807, 2.05) is 26.0 Å². The Balaban J connectivity index is 1.80. The van der Waals surface area contributed by atoms with E-state index in [1.165, 1.54) is 0 Å². The molecule has 6 heteroatoms. The fourth-order valence-corrected chi connectivity index (χ4v) is 4.29. The van der Waals surface area contributed by atoms with E-state index in [0.717, 1.165) is 38.4 Å². The predicted octanol–water partition coefficient (Wildman–Crippen LogP) is 4.60. The highest BCUT2D eigenvalue weighted by molar-refractivity contribution is 6.39. The standard InChI is InChI=1S/C26H27N3O3/c1-15-8-7-9-19(10-15)29-24(31)21(23(30)27-25(29)32)13-18-12-20-17(3)14-26(4,5)28(6)22(20)11-16(18)2/h7-14H,1-6H3,(H,27,30,32)/b21-13-. The summed E-state index contributed by atoms with van der Waals surface area (Å²) in [4.78, 5) is 41.5. The first kappa shape index (κ1) is 21.6. The predicted molar refractivity (Wildman–Crippen MR) is 127 cm³/mol. The second kappa shape index (κ2) is 7.48. The smallest absolute Gasteiger partial charge is 0.335 e. The summed E-state index contributed by atoms with van der Waals surface area (Å²) in [5.41, 5.74) is 6.15. The van der Waals surface area contributed by atoms with Gasteiger partial charge in [-0.2, -0.15) is 0 Å². The Hall–Kier alpha value is -3.67. The van der Waals surface area contributed by atoms with Crippen LogP contribution in [0.5, 0.6) is 0 Å². The van der Waals surface area contributed by atoms with E-state index in [0.29, 0.717) is 5.69 Å². The van der Waals surface area contributed by atoms with Crippen molar-refractivity contribution >= 4 is 40.9 Å². The molecular formula is C26H27N3O3. The van der Waals surface area contributed by atoms with Crippen molar-refractivity contribution in [3.05, 3.63) is 70.3 Å². The number of fused-ring (bicyclic) bond motifs is 1. The van der Waals surface area contributed by atoms with Gasteiger partial charge in [-0.05, 0) is 87.2 Å². The van der Waals surface area contributed by atoms with Gasteiger partial charge in [-0.1, -0.05) is 18.2 Å². The number of hydrogen-bond acceptors (Lipinski definition) is 4. The van der Waals surface area contributed by atoms with Gasteiger partial charge in [0.1, 0.15) is 5.57 Å². The highest BCUT2D eigenvalue weighted by Gasteiger charge is 2.37. The highest BCUT2D eigenvalue weighted by atomic mass is 16.2. The molecule has 1 N–H and O–H groups in total. The minimum atomic E-state index is -0.743. The lowest BCUT2D eigenvalue weighted by molar-refractivity contribution is -0.122. The minimum Gasteiger partial charge on any atom is -0.365 e. The molecule has 4 amide bonds. The van der Waals surface area contributed by atoms with E-state index in [1.54, 1.807) is 24.3 Å². The SMILES string of the molecule is CC1=CC(C)(C)N(C)c2cc(C)c(/C=C3/C(=O)NC(=O)N(c4cccc(C)c4)C3=O)cc21. The number of amides is 4. The van der Waals surface area contributed by atoms with E-state index in [9.17, 15) is 14.4 Å². The molecule has 6 nitrogen and oxygen atoms in total. The third-order valence-corrected chi connectivity index (χ3v) is 6.27. The molecule has 2 heterocycles. The van der Waals surface area contributed by atoms with Crippen LogP contribution in [0.4, 0.5) is 16.2 Å². The lowest BCUT2D eigenvalue weighted by Crippen LogP contribution is -2.54. The molecule has 0 bridgehead atoms. The topological polar surface area (TPSA) is 69.7 Å². The summed E-state index contributed by atoms with van der Waals surface area (Å²) in [5, 5.41) is 2.30. The van der Waals surface area contributed by atoms with Gasteiger partial charge in [0, 0.05) is 18.3 Å². The fraction of sp³-hybridized carbons (Fsp3) is 0.269. The number of carbonyl (C=O) groups excluding carboxylic acids is 3. The van der Waals surface area contributed by atoms with Crippen molar-refractivity contribution < 1.29 is 14.4 Å². The Bertz CT molecular complexity index is 1240. The van der Waals surface area contributed by atoms with Gasteiger partial charge in [-0.25, -0.2) is 9.69 Å². The van der Waals surface area contributed by atoms with Gasteiger partial charge < -0.3 is 4.90 Å². The Labute approximate surface area is 188 Å². The van der Waals surface area contributed by atoms with Gasteiger partial charge in [-0.15, -0.1) is 0 Å². The van der Waals surface area contributed by atoms with Crippen molar-refractivity contribution in [2.45, 2.75) is 40.2 Å². The number of imide groups is 2. The number of anilines is 2. The molecule has 2 aliphatic rings. The molecule has 2 aromatic rings. The maximum atomic E-state index is 13.2. The van der Waals surface area contributed by atoms with Crippen LogP contribution in [-0.2, 0) is 9.59 Å². The van der Waals surface area contributed by atoms with Gasteiger partial charge in [-0.3, -0.25) is 14.9 Å². The van der Waals surface area contributed by atoms with E-state index in [-0.39, 0.29) is 11.1 Å². The number of urea groups is 1. The van der Waals surface area contributed by atoms with Crippen LogP contribution in [0.15, 0.2) is 48.0 Å². The number of allylic oxidation sites excluding steroid dienone is 1. The van der Waals surface area contributed by atoms with Crippen LogP contribution in [0.3, 0.4) is 0 Å². The van der Waals surface area contributed by atoms with Gasteiger partial charge in [0.15, 0.2) is 0 Å². The Morgan fingerprint density at radius 3 is 2.41 bits per heavy atom. The normalized spacial score (nSPS) is 19.1. The molecule has 0 radical (unpaired) electrons. The summed E-state index contributed by atoms with van der Waals surface area (Å²) in [6, 6.07) is 10.4. The Kier molecular flexibility index (Phi) is 5.04. The number of nitrogens with zero attached hydrogens (tertiary/aromatic N) is 2. The van der Waals surface area contributed by atoms with Crippen LogP contribution in [-0.4, -0.2) is 30.4 Å². The van der Waals surface area contributed by atoms with Crippen LogP contribution < -0.4 is 15.1 Å². The summed E-state index contributed by atoms with van der Waals surface area (Å²) in [5.74, 6) is -1.32. The van der Waals surface area contributed by atoms with Gasteiger partial charge in [0.25, 0.3) is 11.8 Å². The molecule has 0 aliphatic carbocycles. The monoisotopic (exact) mass is 429 g/mol. The van der Waals surface area contributed by atoms with Crippen molar-refractivity contribution in [3.8, 4) is 0 Å². The second-order valence-corrected chi connectivity index (χ2v) is 9.06. The Morgan fingerprint density at radius 1 is 1.00 bits per heavy atom. The quantitative estimate of drug-likeness (QED) is 0.559. The van der Waals surface area contributed by atoms with Crippen LogP contribution in [0.1, 0.15) is 43.0 Å². The number of likely N-dealkylation sites (N-methyl/N-ethyl adjacent to an activating group) is 1. The first-order valence-electron chi connectivity index (χ1n) is 10.6. The van der Waals surface area contributed by atoms with Crippen LogP contribution in [0.2, 0.25) is 0 Å². The minimum absolute atomic E-state index is 0.0692. The highest BCUT2D eigenvalue weighted by Crippen LogP contribution is 2.39. The number of nitrogens with one attached hydrogen (secondary N) is 1. The van der Waals surface area contributed by atoms with Crippen molar-refractivity contribution in [1.29, 1.82) is 0 Å². The van der Waals surface area contributed by atoms with E-state index >= 15 is 0 Å². The zero-order valence-electron chi connectivity index (χ0n) is 19.2. The average Bonchev–Trinajstić information content (AvgIpc) is 2.69. The molecule has 0 aromatic heterocycles. The molecular weight excluding hydrogens is 402 g/mol. The maximum Gasteiger partial charge on any atom is 0.335 e. The van der Waals surface area contributed by atoms with E-state index in [2.05, 4.69) is 50.2 Å². The van der Waals surface area contributed by atoms with Crippen LogP contribution in [0, 0.1) is 13.8 Å². The summed E-state index contributed by atoms with van der Waals surface area (Å²) in [6.45, 7) is 10.2. The largest absolute Gasteiger partial charge is 0.365 e. The molecule has 2 aliphatic heterocycles. The zero-order valence-corrected chi connectivity index (χ0v) is 19.2. The molecule has 0 saturated carbocycles.